The highest BCUT2D eigenvalue weighted by Crippen LogP contribution is 2.25. The van der Waals surface area contributed by atoms with Crippen molar-refractivity contribution in [3.63, 3.8) is 0 Å². The average molecular weight is 360 g/mol. The number of piperidine rings is 1. The maximum absolute atomic E-state index is 12.7. The van der Waals surface area contributed by atoms with Gasteiger partial charge in [0.05, 0.1) is 17.2 Å². The van der Waals surface area contributed by atoms with Gasteiger partial charge in [0.25, 0.3) is 0 Å². The number of hydrogen-bond donors (Lipinski definition) is 1. The Labute approximate surface area is 159 Å². The Morgan fingerprint density at radius 2 is 1.81 bits per heavy atom. The van der Waals surface area contributed by atoms with Crippen molar-refractivity contribution in [2.75, 3.05) is 23.3 Å². The molecule has 27 heavy (non-hydrogen) atoms. The van der Waals surface area contributed by atoms with E-state index in [1.807, 2.05) is 49.5 Å². The SMILES string of the molecule is Cc1ccc(NC(=O)C2CCN(c3cnc4ccccc4n3)CC2)c(C)c1. The summed E-state index contributed by atoms with van der Waals surface area (Å²) in [5.74, 6) is 1.04. The molecule has 1 fully saturated rings. The zero-order chi connectivity index (χ0) is 18.8. The van der Waals surface area contributed by atoms with Gasteiger partial charge in [-0.2, -0.15) is 0 Å². The van der Waals surface area contributed by atoms with Gasteiger partial charge in [0, 0.05) is 24.7 Å². The Kier molecular flexibility index (Phi) is 4.75. The second kappa shape index (κ2) is 7.35. The third kappa shape index (κ3) is 3.77. The molecule has 5 nitrogen and oxygen atoms in total. The van der Waals surface area contributed by atoms with Crippen LogP contribution in [0.5, 0.6) is 0 Å². The van der Waals surface area contributed by atoms with E-state index in [0.717, 1.165) is 54.0 Å². The largest absolute Gasteiger partial charge is 0.355 e. The number of nitrogens with one attached hydrogen (secondary N) is 1. The molecule has 0 unspecified atom stereocenters. The molecular formula is C22H24N4O. The number of hydrogen-bond acceptors (Lipinski definition) is 4. The van der Waals surface area contributed by atoms with Crippen LogP contribution in [0, 0.1) is 19.8 Å². The van der Waals surface area contributed by atoms with E-state index in [9.17, 15) is 4.79 Å². The predicted octanol–water partition coefficient (Wildman–Crippen LogP) is 4.10. The molecule has 2 heterocycles. The smallest absolute Gasteiger partial charge is 0.227 e. The zero-order valence-corrected chi connectivity index (χ0v) is 15.8. The molecule has 2 aromatic carbocycles. The lowest BCUT2D eigenvalue weighted by Crippen LogP contribution is -2.38. The Morgan fingerprint density at radius 3 is 2.56 bits per heavy atom. The summed E-state index contributed by atoms with van der Waals surface area (Å²) in [5.41, 5.74) is 5.03. The number of nitrogens with zero attached hydrogens (tertiary/aromatic N) is 3. The van der Waals surface area contributed by atoms with Crippen LogP contribution < -0.4 is 10.2 Å². The molecule has 1 amide bonds. The fraction of sp³-hybridized carbons (Fsp3) is 0.318. The molecule has 1 aromatic heterocycles. The molecular weight excluding hydrogens is 336 g/mol. The predicted molar refractivity (Wildman–Crippen MR) is 109 cm³/mol. The van der Waals surface area contributed by atoms with Gasteiger partial charge in [-0.3, -0.25) is 9.78 Å². The van der Waals surface area contributed by atoms with Crippen molar-refractivity contribution in [2.45, 2.75) is 26.7 Å². The Morgan fingerprint density at radius 1 is 1.07 bits per heavy atom. The van der Waals surface area contributed by atoms with Crippen LogP contribution in [0.2, 0.25) is 0 Å². The van der Waals surface area contributed by atoms with Gasteiger partial charge < -0.3 is 10.2 Å². The fourth-order valence-corrected chi connectivity index (χ4v) is 3.66. The number of benzene rings is 2. The number of aryl methyl sites for hydroxylation is 2. The van der Waals surface area contributed by atoms with E-state index >= 15 is 0 Å². The molecule has 3 aromatic rings. The molecule has 0 bridgehead atoms. The lowest BCUT2D eigenvalue weighted by atomic mass is 9.95. The first kappa shape index (κ1) is 17.5. The van der Waals surface area contributed by atoms with Gasteiger partial charge in [-0.05, 0) is 50.5 Å². The number of aromatic nitrogens is 2. The van der Waals surface area contributed by atoms with Crippen molar-refractivity contribution in [2.24, 2.45) is 5.92 Å². The average Bonchev–Trinajstić information content (AvgIpc) is 2.70. The number of amides is 1. The van der Waals surface area contributed by atoms with Crippen LogP contribution in [0.25, 0.3) is 11.0 Å². The van der Waals surface area contributed by atoms with E-state index in [1.54, 1.807) is 0 Å². The summed E-state index contributed by atoms with van der Waals surface area (Å²) in [5, 5.41) is 3.10. The standard InChI is InChI=1S/C22H24N4O/c1-15-7-8-18(16(2)13-15)25-22(27)17-9-11-26(12-10-17)21-14-23-19-5-3-4-6-20(19)24-21/h3-8,13-14,17H,9-12H2,1-2H3,(H,25,27). The van der Waals surface area contributed by atoms with Crippen LogP contribution >= 0.6 is 0 Å². The Bertz CT molecular complexity index is 977. The van der Waals surface area contributed by atoms with Crippen molar-refractivity contribution >= 4 is 28.4 Å². The minimum absolute atomic E-state index is 0.0374. The van der Waals surface area contributed by atoms with Crippen molar-refractivity contribution in [1.29, 1.82) is 0 Å². The van der Waals surface area contributed by atoms with Gasteiger partial charge >= 0.3 is 0 Å². The van der Waals surface area contributed by atoms with Crippen molar-refractivity contribution in [3.8, 4) is 0 Å². The van der Waals surface area contributed by atoms with E-state index in [-0.39, 0.29) is 11.8 Å². The van der Waals surface area contributed by atoms with Crippen LogP contribution in [0.15, 0.2) is 48.7 Å². The molecule has 1 aliphatic rings. The molecule has 0 spiro atoms. The minimum atomic E-state index is 0.0374. The third-order valence-corrected chi connectivity index (χ3v) is 5.27. The minimum Gasteiger partial charge on any atom is -0.355 e. The highest BCUT2D eigenvalue weighted by Gasteiger charge is 2.26. The van der Waals surface area contributed by atoms with Gasteiger partial charge in [0.1, 0.15) is 5.82 Å². The lowest BCUT2D eigenvalue weighted by molar-refractivity contribution is -0.120. The molecule has 0 aliphatic carbocycles. The van der Waals surface area contributed by atoms with Crippen molar-refractivity contribution < 1.29 is 4.79 Å². The fourth-order valence-electron chi connectivity index (χ4n) is 3.66. The van der Waals surface area contributed by atoms with E-state index < -0.39 is 0 Å². The molecule has 4 rings (SSSR count). The summed E-state index contributed by atoms with van der Waals surface area (Å²) in [6, 6.07) is 14.0. The summed E-state index contributed by atoms with van der Waals surface area (Å²) in [4.78, 5) is 24.1. The number of rotatable bonds is 3. The molecule has 1 aliphatic heterocycles. The number of fused-ring (bicyclic) bond motifs is 1. The normalized spacial score (nSPS) is 15.1. The molecule has 0 saturated carbocycles. The number of anilines is 2. The molecule has 1 saturated heterocycles. The first-order valence-corrected chi connectivity index (χ1v) is 9.45. The summed E-state index contributed by atoms with van der Waals surface area (Å²) in [6.45, 7) is 5.73. The zero-order valence-electron chi connectivity index (χ0n) is 15.8. The highest BCUT2D eigenvalue weighted by atomic mass is 16.1. The number of para-hydroxylation sites is 2. The quantitative estimate of drug-likeness (QED) is 0.764. The van der Waals surface area contributed by atoms with Gasteiger partial charge in [-0.1, -0.05) is 29.8 Å². The summed E-state index contributed by atoms with van der Waals surface area (Å²) >= 11 is 0. The monoisotopic (exact) mass is 360 g/mol. The van der Waals surface area contributed by atoms with Gasteiger partial charge in [-0.25, -0.2) is 4.98 Å². The van der Waals surface area contributed by atoms with Crippen LogP contribution in [0.3, 0.4) is 0 Å². The van der Waals surface area contributed by atoms with Crippen molar-refractivity contribution in [1.82, 2.24) is 9.97 Å². The second-order valence-electron chi connectivity index (χ2n) is 7.29. The van der Waals surface area contributed by atoms with Gasteiger partial charge in [0.15, 0.2) is 0 Å². The summed E-state index contributed by atoms with van der Waals surface area (Å²) in [7, 11) is 0. The van der Waals surface area contributed by atoms with Crippen LogP contribution in [-0.4, -0.2) is 29.0 Å². The van der Waals surface area contributed by atoms with E-state index in [1.165, 1.54) is 5.56 Å². The van der Waals surface area contributed by atoms with E-state index in [2.05, 4.69) is 28.2 Å². The molecule has 138 valence electrons. The van der Waals surface area contributed by atoms with Gasteiger partial charge in [0.2, 0.25) is 5.91 Å². The van der Waals surface area contributed by atoms with Crippen LogP contribution in [-0.2, 0) is 4.79 Å². The number of carbonyl (C=O) groups excluding carboxylic acids is 1. The van der Waals surface area contributed by atoms with Crippen molar-refractivity contribution in [3.05, 3.63) is 59.8 Å². The maximum Gasteiger partial charge on any atom is 0.227 e. The Hall–Kier alpha value is -2.95. The molecule has 5 heteroatoms. The Balaban J connectivity index is 1.39. The molecule has 1 N–H and O–H groups in total. The highest BCUT2D eigenvalue weighted by molar-refractivity contribution is 5.93. The summed E-state index contributed by atoms with van der Waals surface area (Å²) < 4.78 is 0. The maximum atomic E-state index is 12.7. The van der Waals surface area contributed by atoms with Crippen LogP contribution in [0.1, 0.15) is 24.0 Å². The molecule has 0 atom stereocenters. The summed E-state index contributed by atoms with van der Waals surface area (Å²) in [6.07, 6.45) is 3.48. The number of carbonyl (C=O) groups is 1. The third-order valence-electron chi connectivity index (χ3n) is 5.27. The van der Waals surface area contributed by atoms with Gasteiger partial charge in [-0.15, -0.1) is 0 Å². The topological polar surface area (TPSA) is 58.1 Å². The lowest BCUT2D eigenvalue weighted by Gasteiger charge is -2.32. The first-order valence-electron chi connectivity index (χ1n) is 9.45. The van der Waals surface area contributed by atoms with Crippen LogP contribution in [0.4, 0.5) is 11.5 Å². The first-order chi connectivity index (χ1) is 13.1. The van der Waals surface area contributed by atoms with E-state index in [0.29, 0.717) is 0 Å². The molecule has 0 radical (unpaired) electrons. The second-order valence-corrected chi connectivity index (χ2v) is 7.29. The van der Waals surface area contributed by atoms with E-state index in [4.69, 9.17) is 4.98 Å².